The Bertz CT molecular complexity index is 723. The maximum atomic E-state index is 12.2. The van der Waals surface area contributed by atoms with Crippen LogP contribution in [-0.2, 0) is 22.9 Å². The molecule has 0 fully saturated rings. The second-order valence-corrected chi connectivity index (χ2v) is 7.23. The third-order valence-corrected chi connectivity index (χ3v) is 5.50. The molecule has 0 saturated carbocycles. The van der Waals surface area contributed by atoms with Gasteiger partial charge in [-0.05, 0) is 49.3 Å². The molecule has 6 heteroatoms. The van der Waals surface area contributed by atoms with Gasteiger partial charge in [0.2, 0.25) is 10.0 Å². The lowest BCUT2D eigenvalue weighted by molar-refractivity contribution is 0.566. The first-order valence-electron chi connectivity index (χ1n) is 7.19. The second kappa shape index (κ2) is 5.61. The van der Waals surface area contributed by atoms with Crippen molar-refractivity contribution in [1.82, 2.24) is 14.9 Å². The molecule has 1 aromatic carbocycles. The van der Waals surface area contributed by atoms with Gasteiger partial charge >= 0.3 is 0 Å². The van der Waals surface area contributed by atoms with Crippen LogP contribution >= 0.6 is 0 Å². The third kappa shape index (κ3) is 3.01. The number of aromatic amines is 1. The number of hydrogen-bond donors (Lipinski definition) is 2. The molecule has 2 aromatic rings. The summed E-state index contributed by atoms with van der Waals surface area (Å²) < 4.78 is 27.1. The van der Waals surface area contributed by atoms with Crippen molar-refractivity contribution < 1.29 is 8.42 Å². The van der Waals surface area contributed by atoms with Crippen LogP contribution in [0.3, 0.4) is 0 Å². The fraction of sp³-hybridized carbons (Fsp3) is 0.400. The summed E-state index contributed by atoms with van der Waals surface area (Å²) in [5.41, 5.74) is 3.76. The Morgan fingerprint density at radius 3 is 2.71 bits per heavy atom. The molecule has 2 N–H and O–H groups in total. The van der Waals surface area contributed by atoms with Crippen molar-refractivity contribution in [2.75, 3.05) is 0 Å². The van der Waals surface area contributed by atoms with E-state index in [2.05, 4.69) is 27.1 Å². The molecule has 21 heavy (non-hydrogen) atoms. The van der Waals surface area contributed by atoms with Gasteiger partial charge in [0.25, 0.3) is 0 Å². The quantitative estimate of drug-likeness (QED) is 0.910. The Hall–Kier alpha value is -1.66. The molecule has 1 atom stereocenters. The highest BCUT2D eigenvalue weighted by Crippen LogP contribution is 2.25. The van der Waals surface area contributed by atoms with Crippen LogP contribution in [-0.4, -0.2) is 18.6 Å². The number of aromatic nitrogens is 2. The lowest BCUT2D eigenvalue weighted by Crippen LogP contribution is -2.26. The summed E-state index contributed by atoms with van der Waals surface area (Å²) in [6.45, 7) is 1.86. The predicted molar refractivity (Wildman–Crippen MR) is 80.4 cm³/mol. The summed E-state index contributed by atoms with van der Waals surface area (Å²) in [7, 11) is -3.53. The first-order chi connectivity index (χ1) is 10.1. The van der Waals surface area contributed by atoms with Gasteiger partial charge < -0.3 is 0 Å². The lowest BCUT2D eigenvalue weighted by atomic mass is 9.89. The summed E-state index contributed by atoms with van der Waals surface area (Å²) in [6.07, 6.45) is 7.36. The Balaban J connectivity index is 1.81. The SMILES string of the molecule is CC(NS(=O)(=O)c1cn[nH]c1)c1ccc2c(c1)CCCC2. The molecule has 112 valence electrons. The highest BCUT2D eigenvalue weighted by molar-refractivity contribution is 7.89. The van der Waals surface area contributed by atoms with Gasteiger partial charge in [-0.2, -0.15) is 5.10 Å². The average Bonchev–Trinajstić information content (AvgIpc) is 3.01. The van der Waals surface area contributed by atoms with Crippen molar-refractivity contribution in [2.24, 2.45) is 0 Å². The Labute approximate surface area is 124 Å². The van der Waals surface area contributed by atoms with Gasteiger partial charge in [-0.3, -0.25) is 5.10 Å². The van der Waals surface area contributed by atoms with E-state index >= 15 is 0 Å². The number of fused-ring (bicyclic) bond motifs is 1. The monoisotopic (exact) mass is 305 g/mol. The van der Waals surface area contributed by atoms with Crippen molar-refractivity contribution in [2.45, 2.75) is 43.5 Å². The fourth-order valence-electron chi connectivity index (χ4n) is 2.78. The highest BCUT2D eigenvalue weighted by atomic mass is 32.2. The molecule has 0 aliphatic heterocycles. The zero-order chi connectivity index (χ0) is 14.9. The van der Waals surface area contributed by atoms with E-state index in [0.29, 0.717) is 0 Å². The first kappa shape index (κ1) is 14.3. The van der Waals surface area contributed by atoms with E-state index < -0.39 is 10.0 Å². The molecule has 1 heterocycles. The molecule has 0 bridgehead atoms. The maximum absolute atomic E-state index is 12.2. The lowest BCUT2D eigenvalue weighted by Gasteiger charge is -2.19. The summed E-state index contributed by atoms with van der Waals surface area (Å²) in [4.78, 5) is 0.160. The smallest absolute Gasteiger partial charge is 0.244 e. The van der Waals surface area contributed by atoms with Gasteiger partial charge in [0.15, 0.2) is 0 Å². The third-order valence-electron chi connectivity index (χ3n) is 3.99. The van der Waals surface area contributed by atoms with E-state index in [1.54, 1.807) is 0 Å². The van der Waals surface area contributed by atoms with Crippen molar-refractivity contribution >= 4 is 10.0 Å². The largest absolute Gasteiger partial charge is 0.284 e. The van der Waals surface area contributed by atoms with Crippen LogP contribution in [0.2, 0.25) is 0 Å². The summed E-state index contributed by atoms with van der Waals surface area (Å²) in [5, 5.41) is 6.20. The number of nitrogens with zero attached hydrogens (tertiary/aromatic N) is 1. The second-order valence-electron chi connectivity index (χ2n) is 5.51. The van der Waals surface area contributed by atoms with E-state index in [-0.39, 0.29) is 10.9 Å². The van der Waals surface area contributed by atoms with Crippen molar-refractivity contribution in [3.8, 4) is 0 Å². The number of aryl methyl sites for hydroxylation is 2. The minimum Gasteiger partial charge on any atom is -0.284 e. The van der Waals surface area contributed by atoms with Crippen LogP contribution in [0.4, 0.5) is 0 Å². The van der Waals surface area contributed by atoms with E-state index in [1.165, 1.54) is 36.4 Å². The van der Waals surface area contributed by atoms with E-state index in [9.17, 15) is 8.42 Å². The average molecular weight is 305 g/mol. The zero-order valence-electron chi connectivity index (χ0n) is 12.0. The van der Waals surface area contributed by atoms with Crippen LogP contribution < -0.4 is 4.72 Å². The van der Waals surface area contributed by atoms with Crippen molar-refractivity contribution in [3.63, 3.8) is 0 Å². The summed E-state index contributed by atoms with van der Waals surface area (Å²) >= 11 is 0. The Kier molecular flexibility index (Phi) is 3.82. The molecule has 0 saturated heterocycles. The number of sulfonamides is 1. The zero-order valence-corrected chi connectivity index (χ0v) is 12.8. The van der Waals surface area contributed by atoms with Crippen LogP contribution in [0.15, 0.2) is 35.5 Å². The van der Waals surface area contributed by atoms with Gasteiger partial charge in [0, 0.05) is 12.2 Å². The minimum absolute atomic E-state index is 0.160. The molecule has 0 spiro atoms. The minimum atomic E-state index is -3.53. The number of benzene rings is 1. The summed E-state index contributed by atoms with van der Waals surface area (Å²) in [6, 6.07) is 6.02. The van der Waals surface area contributed by atoms with Crippen LogP contribution in [0.1, 0.15) is 42.5 Å². The molecular weight excluding hydrogens is 286 g/mol. The van der Waals surface area contributed by atoms with Crippen LogP contribution in [0.5, 0.6) is 0 Å². The van der Waals surface area contributed by atoms with Crippen LogP contribution in [0.25, 0.3) is 0 Å². The molecule has 1 aliphatic carbocycles. The van der Waals surface area contributed by atoms with Gasteiger partial charge in [0.05, 0.1) is 6.20 Å². The molecule has 1 aromatic heterocycles. The van der Waals surface area contributed by atoms with Gasteiger partial charge in [-0.1, -0.05) is 18.2 Å². The number of rotatable bonds is 4. The van der Waals surface area contributed by atoms with Crippen LogP contribution in [0, 0.1) is 0 Å². The van der Waals surface area contributed by atoms with E-state index in [1.807, 2.05) is 13.0 Å². The molecule has 3 rings (SSSR count). The normalized spacial score (nSPS) is 16.4. The number of nitrogens with one attached hydrogen (secondary N) is 2. The molecule has 1 unspecified atom stereocenters. The summed E-state index contributed by atoms with van der Waals surface area (Å²) in [5.74, 6) is 0. The Morgan fingerprint density at radius 2 is 2.00 bits per heavy atom. The van der Waals surface area contributed by atoms with E-state index in [0.717, 1.165) is 18.4 Å². The topological polar surface area (TPSA) is 74.8 Å². The first-order valence-corrected chi connectivity index (χ1v) is 8.67. The van der Waals surface area contributed by atoms with Crippen molar-refractivity contribution in [1.29, 1.82) is 0 Å². The molecule has 0 amide bonds. The van der Waals surface area contributed by atoms with Gasteiger partial charge in [-0.15, -0.1) is 0 Å². The standard InChI is InChI=1S/C15H19N3O2S/c1-11(18-21(19,20)15-9-16-17-10-15)13-7-6-12-4-2-3-5-14(12)8-13/h6-11,18H,2-5H2,1H3,(H,16,17). The van der Waals surface area contributed by atoms with E-state index in [4.69, 9.17) is 0 Å². The molecule has 0 radical (unpaired) electrons. The highest BCUT2D eigenvalue weighted by Gasteiger charge is 2.20. The molecule has 1 aliphatic rings. The van der Waals surface area contributed by atoms with Gasteiger partial charge in [0.1, 0.15) is 4.90 Å². The number of hydrogen-bond acceptors (Lipinski definition) is 3. The van der Waals surface area contributed by atoms with Crippen molar-refractivity contribution in [3.05, 3.63) is 47.3 Å². The molecular formula is C15H19N3O2S. The Morgan fingerprint density at radius 1 is 1.24 bits per heavy atom. The predicted octanol–water partition coefficient (Wildman–Crippen LogP) is 2.33. The molecule has 5 nitrogen and oxygen atoms in total. The van der Waals surface area contributed by atoms with Gasteiger partial charge in [-0.25, -0.2) is 13.1 Å². The fourth-order valence-corrected chi connectivity index (χ4v) is 3.91. The number of H-pyrrole nitrogens is 1. The maximum Gasteiger partial charge on any atom is 0.244 e.